The minimum absolute atomic E-state index is 0.361. The van der Waals surface area contributed by atoms with E-state index in [4.69, 9.17) is 0 Å². The first kappa shape index (κ1) is 13.3. The summed E-state index contributed by atoms with van der Waals surface area (Å²) in [7, 11) is -1.59. The Bertz CT molecular complexity index is 618. The average Bonchev–Trinajstić information content (AvgIpc) is 2.46. The molecule has 0 unspecified atom stereocenters. The van der Waals surface area contributed by atoms with Crippen molar-refractivity contribution in [1.29, 1.82) is 5.26 Å². The van der Waals surface area contributed by atoms with Crippen LogP contribution in [0.4, 0.5) is 0 Å². The van der Waals surface area contributed by atoms with Gasteiger partial charge in [0.15, 0.2) is 0 Å². The van der Waals surface area contributed by atoms with Crippen molar-refractivity contribution in [2.24, 2.45) is 0 Å². The number of hydrogen-bond donors (Lipinski definition) is 2. The van der Waals surface area contributed by atoms with Crippen LogP contribution < -0.4 is 5.46 Å². The normalized spacial score (nSPS) is 10.0. The second-order valence-corrected chi connectivity index (χ2v) is 4.27. The molecular weight excluding hydrogens is 237 g/mol. The lowest BCUT2D eigenvalue weighted by Gasteiger charge is -2.14. The summed E-state index contributed by atoms with van der Waals surface area (Å²) in [5.74, 6) is 0. The summed E-state index contributed by atoms with van der Waals surface area (Å²) in [5.41, 5.74) is 3.21. The van der Waals surface area contributed by atoms with Gasteiger partial charge in [0.25, 0.3) is 0 Å². The van der Waals surface area contributed by atoms with Crippen LogP contribution in [-0.2, 0) is 6.42 Å². The maximum Gasteiger partial charge on any atom is 0.489 e. The Morgan fingerprint density at radius 2 is 1.79 bits per heavy atom. The standard InChI is InChI=1S/C15H14BNO2/c1-2-11-8-9-14(16(18)19)15(13(11)10-17)12-6-4-3-5-7-12/h3-9,18-19H,2H2,1H3. The number of rotatable bonds is 3. The third kappa shape index (κ3) is 2.53. The van der Waals surface area contributed by atoms with Crippen molar-refractivity contribution in [2.45, 2.75) is 13.3 Å². The zero-order valence-corrected chi connectivity index (χ0v) is 10.7. The molecule has 2 rings (SSSR count). The van der Waals surface area contributed by atoms with Gasteiger partial charge in [0.1, 0.15) is 6.07 Å². The zero-order valence-electron chi connectivity index (χ0n) is 10.7. The molecule has 0 aliphatic carbocycles. The van der Waals surface area contributed by atoms with E-state index in [0.717, 1.165) is 17.5 Å². The highest BCUT2D eigenvalue weighted by Crippen LogP contribution is 2.24. The first-order valence-corrected chi connectivity index (χ1v) is 6.16. The molecule has 4 heteroatoms. The van der Waals surface area contributed by atoms with E-state index in [1.807, 2.05) is 37.3 Å². The second kappa shape index (κ2) is 5.70. The molecule has 0 aliphatic heterocycles. The molecule has 2 N–H and O–H groups in total. The molecule has 3 nitrogen and oxygen atoms in total. The lowest BCUT2D eigenvalue weighted by Crippen LogP contribution is -2.32. The molecule has 0 spiro atoms. The molecule has 0 amide bonds. The van der Waals surface area contributed by atoms with Gasteiger partial charge in [-0.25, -0.2) is 0 Å². The van der Waals surface area contributed by atoms with E-state index < -0.39 is 7.12 Å². The number of aryl methyl sites for hydroxylation is 1. The molecule has 0 atom stereocenters. The molecule has 0 radical (unpaired) electrons. The minimum atomic E-state index is -1.59. The van der Waals surface area contributed by atoms with E-state index >= 15 is 0 Å². The van der Waals surface area contributed by atoms with Crippen LogP contribution in [-0.4, -0.2) is 17.2 Å². The van der Waals surface area contributed by atoms with E-state index in [1.165, 1.54) is 0 Å². The maximum absolute atomic E-state index is 9.50. The highest BCUT2D eigenvalue weighted by Gasteiger charge is 2.21. The SMILES string of the molecule is CCc1ccc(B(O)O)c(-c2ccccc2)c1C#N. The Kier molecular flexibility index (Phi) is 4.01. The van der Waals surface area contributed by atoms with Crippen molar-refractivity contribution in [1.82, 2.24) is 0 Å². The summed E-state index contributed by atoms with van der Waals surface area (Å²) in [6.45, 7) is 1.97. The fourth-order valence-corrected chi connectivity index (χ4v) is 2.22. The Labute approximate surface area is 112 Å². The second-order valence-electron chi connectivity index (χ2n) is 4.27. The fourth-order valence-electron chi connectivity index (χ4n) is 2.22. The van der Waals surface area contributed by atoms with Gasteiger partial charge in [0, 0.05) is 0 Å². The Morgan fingerprint density at radius 3 is 2.32 bits per heavy atom. The minimum Gasteiger partial charge on any atom is -0.423 e. The van der Waals surface area contributed by atoms with Crippen LogP contribution in [0.1, 0.15) is 18.1 Å². The van der Waals surface area contributed by atoms with E-state index in [0.29, 0.717) is 16.6 Å². The van der Waals surface area contributed by atoms with Crippen molar-refractivity contribution in [3.63, 3.8) is 0 Å². The monoisotopic (exact) mass is 251 g/mol. The van der Waals surface area contributed by atoms with Gasteiger partial charge in [-0.3, -0.25) is 0 Å². The molecule has 2 aromatic rings. The molecule has 0 aromatic heterocycles. The zero-order chi connectivity index (χ0) is 13.8. The van der Waals surface area contributed by atoms with Crippen LogP contribution >= 0.6 is 0 Å². The summed E-state index contributed by atoms with van der Waals surface area (Å²) in [4.78, 5) is 0. The molecule has 0 saturated carbocycles. The molecule has 0 aliphatic rings. The number of nitrogens with zero attached hydrogens (tertiary/aromatic N) is 1. The summed E-state index contributed by atoms with van der Waals surface area (Å²) in [6, 6.07) is 15.0. The number of nitriles is 1. The molecule has 0 fully saturated rings. The topological polar surface area (TPSA) is 64.2 Å². The highest BCUT2D eigenvalue weighted by atomic mass is 16.4. The van der Waals surface area contributed by atoms with Crippen LogP contribution in [0, 0.1) is 11.3 Å². The van der Waals surface area contributed by atoms with Crippen molar-refractivity contribution in [3.05, 3.63) is 53.6 Å². The quantitative estimate of drug-likeness (QED) is 0.812. The molecule has 0 bridgehead atoms. The Balaban J connectivity index is 2.78. The van der Waals surface area contributed by atoms with E-state index in [2.05, 4.69) is 6.07 Å². The first-order valence-electron chi connectivity index (χ1n) is 6.16. The summed E-state index contributed by atoms with van der Waals surface area (Å²) in [5, 5.41) is 28.4. The fraction of sp³-hybridized carbons (Fsp3) is 0.133. The van der Waals surface area contributed by atoms with Crippen LogP contribution in [0.5, 0.6) is 0 Å². The van der Waals surface area contributed by atoms with Crippen LogP contribution in [0.3, 0.4) is 0 Å². The third-order valence-corrected chi connectivity index (χ3v) is 3.16. The van der Waals surface area contributed by atoms with E-state index in [1.54, 1.807) is 12.1 Å². The summed E-state index contributed by atoms with van der Waals surface area (Å²) < 4.78 is 0. The molecular formula is C15H14BNO2. The van der Waals surface area contributed by atoms with Gasteiger partial charge in [0.2, 0.25) is 0 Å². The lowest BCUT2D eigenvalue weighted by atomic mass is 9.73. The van der Waals surface area contributed by atoms with Gasteiger partial charge in [-0.05, 0) is 28.6 Å². The predicted octanol–water partition coefficient (Wildman–Crippen LogP) is 1.47. The lowest BCUT2D eigenvalue weighted by molar-refractivity contribution is 0.426. The van der Waals surface area contributed by atoms with E-state index in [9.17, 15) is 15.3 Å². The van der Waals surface area contributed by atoms with Crippen LogP contribution in [0.25, 0.3) is 11.1 Å². The third-order valence-electron chi connectivity index (χ3n) is 3.16. The Hall–Kier alpha value is -2.09. The summed E-state index contributed by atoms with van der Waals surface area (Å²) >= 11 is 0. The van der Waals surface area contributed by atoms with Crippen molar-refractivity contribution >= 4 is 12.6 Å². The van der Waals surface area contributed by atoms with Gasteiger partial charge in [0.05, 0.1) is 5.56 Å². The van der Waals surface area contributed by atoms with Gasteiger partial charge < -0.3 is 10.0 Å². The molecule has 2 aromatic carbocycles. The predicted molar refractivity (Wildman–Crippen MR) is 75.8 cm³/mol. The molecule has 94 valence electrons. The number of hydrogen-bond acceptors (Lipinski definition) is 3. The highest BCUT2D eigenvalue weighted by molar-refractivity contribution is 6.60. The number of benzene rings is 2. The summed E-state index contributed by atoms with van der Waals surface area (Å²) in [6.07, 6.45) is 0.727. The van der Waals surface area contributed by atoms with Crippen LogP contribution in [0.2, 0.25) is 0 Å². The van der Waals surface area contributed by atoms with E-state index in [-0.39, 0.29) is 0 Å². The first-order chi connectivity index (χ1) is 9.19. The Morgan fingerprint density at radius 1 is 1.11 bits per heavy atom. The van der Waals surface area contributed by atoms with Crippen molar-refractivity contribution < 1.29 is 10.0 Å². The van der Waals surface area contributed by atoms with Gasteiger partial charge >= 0.3 is 7.12 Å². The maximum atomic E-state index is 9.50. The van der Waals surface area contributed by atoms with Crippen molar-refractivity contribution in [3.8, 4) is 17.2 Å². The van der Waals surface area contributed by atoms with Crippen LogP contribution in [0.15, 0.2) is 42.5 Å². The molecule has 19 heavy (non-hydrogen) atoms. The smallest absolute Gasteiger partial charge is 0.423 e. The average molecular weight is 251 g/mol. The van der Waals surface area contributed by atoms with Gasteiger partial charge in [-0.15, -0.1) is 0 Å². The molecule has 0 heterocycles. The van der Waals surface area contributed by atoms with Gasteiger partial charge in [-0.1, -0.05) is 49.4 Å². The molecule has 0 saturated heterocycles. The van der Waals surface area contributed by atoms with Gasteiger partial charge in [-0.2, -0.15) is 5.26 Å². The largest absolute Gasteiger partial charge is 0.489 e. The van der Waals surface area contributed by atoms with Crippen molar-refractivity contribution in [2.75, 3.05) is 0 Å².